The molecule has 0 aliphatic carbocycles. The van der Waals surface area contributed by atoms with E-state index in [1.54, 1.807) is 24.3 Å². The van der Waals surface area contributed by atoms with Crippen molar-refractivity contribution in [1.29, 1.82) is 0 Å². The second-order valence-corrected chi connectivity index (χ2v) is 13.4. The highest BCUT2D eigenvalue weighted by molar-refractivity contribution is 5.78. The first kappa shape index (κ1) is 38.3. The fourth-order valence-electron chi connectivity index (χ4n) is 4.62. The normalized spacial score (nSPS) is 12.7. The van der Waals surface area contributed by atoms with Crippen LogP contribution in [0.3, 0.4) is 0 Å². The van der Waals surface area contributed by atoms with Gasteiger partial charge in [0.05, 0.1) is 56.4 Å². The molecule has 2 rings (SSSR count). The van der Waals surface area contributed by atoms with Gasteiger partial charge in [0.15, 0.2) is 49.2 Å². The predicted octanol–water partition coefficient (Wildman–Crippen LogP) is -3.06. The Hall–Kier alpha value is -3.84. The van der Waals surface area contributed by atoms with Gasteiger partial charge >= 0.3 is 23.9 Å². The number of rotatable bonds is 17. The third-order valence-corrected chi connectivity index (χ3v) is 6.99. The molecule has 12 heteroatoms. The maximum Gasteiger partial charge on any atom is 0.367 e. The Labute approximate surface area is 273 Å². The summed E-state index contributed by atoms with van der Waals surface area (Å²) in [7, 11) is 14.8. The summed E-state index contributed by atoms with van der Waals surface area (Å²) in [4.78, 5) is 53.4. The molecular formula is C34H54N4O8+4. The number of quaternary nitrogens is 4. The zero-order chi connectivity index (χ0) is 34.6. The van der Waals surface area contributed by atoms with Crippen LogP contribution in [-0.4, -0.2) is 106 Å². The van der Waals surface area contributed by atoms with E-state index in [4.69, 9.17) is 18.9 Å². The molecule has 0 fully saturated rings. The van der Waals surface area contributed by atoms with Crippen LogP contribution in [0.5, 0.6) is 23.0 Å². The van der Waals surface area contributed by atoms with Gasteiger partial charge in [0.2, 0.25) is 0 Å². The van der Waals surface area contributed by atoms with Crippen LogP contribution in [0.2, 0.25) is 0 Å². The average molecular weight is 647 g/mol. The number of likely N-dealkylation sites (N-methyl/N-ethyl adjacent to an activating group) is 4. The van der Waals surface area contributed by atoms with E-state index in [0.717, 1.165) is 30.7 Å². The summed E-state index contributed by atoms with van der Waals surface area (Å²) >= 11 is 0. The third-order valence-electron chi connectivity index (χ3n) is 6.99. The molecule has 0 aliphatic rings. The molecule has 0 aromatic heterocycles. The second kappa shape index (κ2) is 18.3. The minimum Gasteiger partial charge on any atom is -0.418 e. The SMILES string of the molecule is C[C@H](Cc1ccc(OC(=O)C[NH+](C)C)c(OC(=O)C[NH+](C)C)c1)[C@@H](C)Cc1ccc(OC(=O)C[NH+](C)C)c(OC(=O)C[NH+](C)C)c1. The number of esters is 4. The Morgan fingerprint density at radius 1 is 0.478 bits per heavy atom. The van der Waals surface area contributed by atoms with Crippen LogP contribution in [-0.2, 0) is 32.0 Å². The Bertz CT molecular complexity index is 1240. The van der Waals surface area contributed by atoms with E-state index in [9.17, 15) is 19.2 Å². The zero-order valence-corrected chi connectivity index (χ0v) is 29.1. The van der Waals surface area contributed by atoms with Crippen LogP contribution in [0.4, 0.5) is 0 Å². The van der Waals surface area contributed by atoms with Gasteiger partial charge in [-0.25, -0.2) is 19.2 Å². The van der Waals surface area contributed by atoms with Gasteiger partial charge in [-0.1, -0.05) is 26.0 Å². The number of hydrogen-bond acceptors (Lipinski definition) is 8. The van der Waals surface area contributed by atoms with Crippen molar-refractivity contribution in [2.45, 2.75) is 26.7 Å². The summed E-state index contributed by atoms with van der Waals surface area (Å²) < 4.78 is 22.4. The highest BCUT2D eigenvalue weighted by Crippen LogP contribution is 2.33. The van der Waals surface area contributed by atoms with Crippen molar-refractivity contribution in [2.75, 3.05) is 82.6 Å². The van der Waals surface area contributed by atoms with E-state index in [-0.39, 0.29) is 61.0 Å². The van der Waals surface area contributed by atoms with Gasteiger partial charge in [-0.2, -0.15) is 0 Å². The number of carbonyl (C=O) groups excluding carboxylic acids is 4. The topological polar surface area (TPSA) is 123 Å². The van der Waals surface area contributed by atoms with Gasteiger partial charge in [-0.05, 0) is 60.1 Å². The molecule has 0 spiro atoms. The zero-order valence-electron chi connectivity index (χ0n) is 29.1. The lowest BCUT2D eigenvalue weighted by Gasteiger charge is -2.21. The van der Waals surface area contributed by atoms with Crippen molar-refractivity contribution in [3.8, 4) is 23.0 Å². The van der Waals surface area contributed by atoms with Crippen molar-refractivity contribution in [2.24, 2.45) is 11.8 Å². The van der Waals surface area contributed by atoms with E-state index in [2.05, 4.69) is 13.8 Å². The molecule has 254 valence electrons. The molecule has 12 nitrogen and oxygen atoms in total. The summed E-state index contributed by atoms with van der Waals surface area (Å²) in [5.74, 6) is -0.420. The largest absolute Gasteiger partial charge is 0.418 e. The Kier molecular flexibility index (Phi) is 15.3. The summed E-state index contributed by atoms with van der Waals surface area (Å²) in [5, 5.41) is 0. The lowest BCUT2D eigenvalue weighted by Crippen LogP contribution is -3.06. The quantitative estimate of drug-likeness (QED) is 0.106. The fourth-order valence-corrected chi connectivity index (χ4v) is 4.62. The lowest BCUT2D eigenvalue weighted by molar-refractivity contribution is -0.850. The van der Waals surface area contributed by atoms with Crippen molar-refractivity contribution in [3.63, 3.8) is 0 Å². The first-order chi connectivity index (χ1) is 21.5. The average Bonchev–Trinajstić information content (AvgIpc) is 2.89. The molecule has 0 aliphatic heterocycles. The smallest absolute Gasteiger partial charge is 0.367 e. The van der Waals surface area contributed by atoms with Gasteiger partial charge in [-0.15, -0.1) is 0 Å². The minimum atomic E-state index is -0.422. The first-order valence-corrected chi connectivity index (χ1v) is 15.8. The highest BCUT2D eigenvalue weighted by Gasteiger charge is 2.22. The van der Waals surface area contributed by atoms with Crippen molar-refractivity contribution < 1.29 is 57.7 Å². The molecule has 0 saturated carbocycles. The summed E-state index contributed by atoms with van der Waals surface area (Å²) in [6.07, 6.45) is 1.35. The second-order valence-electron chi connectivity index (χ2n) is 13.4. The molecule has 2 atom stereocenters. The summed E-state index contributed by atoms with van der Waals surface area (Å²) in [6.45, 7) is 4.94. The monoisotopic (exact) mass is 646 g/mol. The Morgan fingerprint density at radius 3 is 1.00 bits per heavy atom. The molecular weight excluding hydrogens is 592 g/mol. The molecule has 0 bridgehead atoms. The van der Waals surface area contributed by atoms with Gasteiger partial charge in [0.1, 0.15) is 0 Å². The van der Waals surface area contributed by atoms with Crippen molar-refractivity contribution in [1.82, 2.24) is 0 Å². The van der Waals surface area contributed by atoms with Crippen LogP contribution >= 0.6 is 0 Å². The van der Waals surface area contributed by atoms with Gasteiger partial charge in [-0.3, -0.25) is 0 Å². The summed E-state index contributed by atoms with van der Waals surface area (Å²) in [6, 6.07) is 10.6. The number of carbonyl (C=O) groups is 4. The van der Waals surface area contributed by atoms with E-state index < -0.39 is 23.9 Å². The third kappa shape index (κ3) is 14.1. The fraction of sp³-hybridized carbons (Fsp3) is 0.529. The first-order valence-electron chi connectivity index (χ1n) is 15.8. The molecule has 46 heavy (non-hydrogen) atoms. The molecule has 0 heterocycles. The van der Waals surface area contributed by atoms with Crippen molar-refractivity contribution >= 4 is 23.9 Å². The van der Waals surface area contributed by atoms with Crippen LogP contribution in [0.1, 0.15) is 25.0 Å². The Morgan fingerprint density at radius 2 is 0.739 bits per heavy atom. The molecule has 0 saturated heterocycles. The Balaban J connectivity index is 2.24. The van der Waals surface area contributed by atoms with E-state index in [1.807, 2.05) is 68.5 Å². The standard InChI is InChI=1S/C34H50N4O8/c1-23(15-25-11-13-27(43-31(39)19-35(3)4)29(17-25)45-33(41)21-37(7)8)24(2)16-26-12-14-28(44-32(40)20-36(5)6)30(18-26)46-34(42)22-38(9)10/h11-14,17-18,23-24H,15-16,19-22H2,1-10H3/p+4/t23-,24+. The molecule has 2 aromatic rings. The van der Waals surface area contributed by atoms with E-state index >= 15 is 0 Å². The van der Waals surface area contributed by atoms with Crippen LogP contribution in [0, 0.1) is 11.8 Å². The van der Waals surface area contributed by atoms with Crippen LogP contribution < -0.4 is 38.5 Å². The van der Waals surface area contributed by atoms with E-state index in [1.165, 1.54) is 0 Å². The number of benzene rings is 2. The molecule has 2 aromatic carbocycles. The van der Waals surface area contributed by atoms with Gasteiger partial charge in [0.25, 0.3) is 0 Å². The number of ether oxygens (including phenoxy) is 4. The van der Waals surface area contributed by atoms with Gasteiger partial charge < -0.3 is 38.5 Å². The number of nitrogens with one attached hydrogen (secondary N) is 4. The molecule has 0 radical (unpaired) electrons. The van der Waals surface area contributed by atoms with Crippen molar-refractivity contribution in [3.05, 3.63) is 47.5 Å². The highest BCUT2D eigenvalue weighted by atomic mass is 16.6. The van der Waals surface area contributed by atoms with Gasteiger partial charge in [0, 0.05) is 0 Å². The minimum absolute atomic E-state index is 0.162. The lowest BCUT2D eigenvalue weighted by atomic mass is 9.85. The maximum absolute atomic E-state index is 12.5. The van der Waals surface area contributed by atoms with Crippen LogP contribution in [0.25, 0.3) is 0 Å². The molecule has 0 amide bonds. The maximum atomic E-state index is 12.5. The summed E-state index contributed by atoms with van der Waals surface area (Å²) in [5.41, 5.74) is 1.87. The number of hydrogen-bond donors (Lipinski definition) is 4. The molecule has 0 unspecified atom stereocenters. The molecule has 4 N–H and O–H groups in total. The predicted molar refractivity (Wildman–Crippen MR) is 172 cm³/mol. The van der Waals surface area contributed by atoms with E-state index in [0.29, 0.717) is 12.8 Å². The van der Waals surface area contributed by atoms with Crippen LogP contribution in [0.15, 0.2) is 36.4 Å².